The second-order valence-corrected chi connectivity index (χ2v) is 9.76. The highest BCUT2D eigenvalue weighted by molar-refractivity contribution is 7.90. The van der Waals surface area contributed by atoms with E-state index >= 15 is 0 Å². The number of sulfonamides is 1. The Balaban J connectivity index is 1.76. The van der Waals surface area contributed by atoms with Gasteiger partial charge in [-0.25, -0.2) is 9.78 Å². The smallest absolute Gasteiger partial charge is 0.323 e. The zero-order valence-corrected chi connectivity index (χ0v) is 18.5. The number of H-pyrrole nitrogens is 2. The molecule has 170 valence electrons. The maximum absolute atomic E-state index is 13.4. The Bertz CT molecular complexity index is 1690. The van der Waals surface area contributed by atoms with E-state index in [9.17, 15) is 23.1 Å². The molecule has 12 heteroatoms. The van der Waals surface area contributed by atoms with Gasteiger partial charge >= 0.3 is 5.69 Å². The molecule has 0 saturated carbocycles. The first-order chi connectivity index (χ1) is 15.7. The first kappa shape index (κ1) is 20.9. The third-order valence-electron chi connectivity index (χ3n) is 5.53. The molecule has 33 heavy (non-hydrogen) atoms. The fourth-order valence-electron chi connectivity index (χ4n) is 3.94. The van der Waals surface area contributed by atoms with Crippen LogP contribution in [0.15, 0.2) is 49.3 Å². The molecule has 4 N–H and O–H groups in total. The number of fused-ring (bicyclic) bond motifs is 4. The Hall–Kier alpha value is -3.93. The van der Waals surface area contributed by atoms with Crippen LogP contribution in [0.2, 0.25) is 0 Å². The second-order valence-electron chi connectivity index (χ2n) is 8.22. The number of hydrogen-bond donors (Lipinski definition) is 4. The molecule has 1 aliphatic heterocycles. The largest absolute Gasteiger partial charge is 0.506 e. The van der Waals surface area contributed by atoms with Crippen molar-refractivity contribution in [3.05, 3.63) is 56.9 Å². The molecule has 0 spiro atoms. The van der Waals surface area contributed by atoms with Crippen LogP contribution in [0.1, 0.15) is 25.8 Å². The molecule has 0 bridgehead atoms. The summed E-state index contributed by atoms with van der Waals surface area (Å²) in [6, 6.07) is 6.21. The lowest BCUT2D eigenvalue weighted by Crippen LogP contribution is -2.33. The number of aromatic hydroxyl groups is 1. The lowest BCUT2D eigenvalue weighted by Gasteiger charge is -2.20. The number of aryl methyl sites for hydroxylation is 1. The zero-order valence-electron chi connectivity index (χ0n) is 17.7. The van der Waals surface area contributed by atoms with E-state index in [1.165, 1.54) is 22.9 Å². The molecule has 0 saturated heterocycles. The monoisotopic (exact) mass is 468 g/mol. The summed E-state index contributed by atoms with van der Waals surface area (Å²) in [5, 5.41) is 14.1. The van der Waals surface area contributed by atoms with E-state index in [0.717, 1.165) is 0 Å². The van der Waals surface area contributed by atoms with Crippen molar-refractivity contribution in [3.8, 4) is 5.75 Å². The minimum atomic E-state index is -4.32. The van der Waals surface area contributed by atoms with Gasteiger partial charge in [0.1, 0.15) is 21.9 Å². The van der Waals surface area contributed by atoms with Crippen LogP contribution in [0.25, 0.3) is 22.1 Å². The topological polar surface area (TPSA) is 162 Å². The lowest BCUT2D eigenvalue weighted by atomic mass is 10.1. The third-order valence-corrected chi connectivity index (χ3v) is 6.89. The van der Waals surface area contributed by atoms with Crippen LogP contribution in [0, 0.1) is 5.92 Å². The van der Waals surface area contributed by atoms with Gasteiger partial charge < -0.3 is 20.4 Å². The number of rotatable bonds is 4. The van der Waals surface area contributed by atoms with Gasteiger partial charge in [-0.1, -0.05) is 13.8 Å². The number of nitrogens with zero attached hydrogens (tertiary/aromatic N) is 3. The van der Waals surface area contributed by atoms with E-state index in [4.69, 9.17) is 0 Å². The predicted octanol–water partition coefficient (Wildman–Crippen LogP) is 1.88. The van der Waals surface area contributed by atoms with Crippen LogP contribution < -0.4 is 16.6 Å². The molecule has 0 amide bonds. The number of aromatic nitrogens is 4. The van der Waals surface area contributed by atoms with E-state index in [0.29, 0.717) is 35.4 Å². The Morgan fingerprint density at radius 1 is 1.15 bits per heavy atom. The summed E-state index contributed by atoms with van der Waals surface area (Å²) in [7, 11) is -4.32. The van der Waals surface area contributed by atoms with Gasteiger partial charge in [-0.15, -0.1) is 4.40 Å². The van der Waals surface area contributed by atoms with E-state index < -0.39 is 27.0 Å². The van der Waals surface area contributed by atoms with Crippen molar-refractivity contribution in [1.29, 1.82) is 0 Å². The van der Waals surface area contributed by atoms with Gasteiger partial charge in [0.2, 0.25) is 0 Å². The van der Waals surface area contributed by atoms with Crippen molar-refractivity contribution in [2.75, 3.05) is 5.32 Å². The number of pyridine rings is 2. The van der Waals surface area contributed by atoms with Gasteiger partial charge in [-0.05, 0) is 36.6 Å². The van der Waals surface area contributed by atoms with E-state index in [-0.39, 0.29) is 27.5 Å². The molecule has 4 aromatic rings. The molecule has 3 aromatic heterocycles. The van der Waals surface area contributed by atoms with Crippen LogP contribution in [0.4, 0.5) is 5.69 Å². The lowest BCUT2D eigenvalue weighted by molar-refractivity contribution is 0.473. The predicted molar refractivity (Wildman–Crippen MR) is 123 cm³/mol. The van der Waals surface area contributed by atoms with Gasteiger partial charge in [-0.2, -0.15) is 8.42 Å². The van der Waals surface area contributed by atoms with Gasteiger partial charge in [0, 0.05) is 12.7 Å². The molecule has 0 unspecified atom stereocenters. The maximum Gasteiger partial charge on any atom is 0.323 e. The number of imidazole rings is 1. The molecule has 0 atom stereocenters. The van der Waals surface area contributed by atoms with Crippen LogP contribution >= 0.6 is 0 Å². The summed E-state index contributed by atoms with van der Waals surface area (Å²) in [6.45, 7) is 4.37. The minimum Gasteiger partial charge on any atom is -0.506 e. The summed E-state index contributed by atoms with van der Waals surface area (Å²) < 4.78 is 31.4. The van der Waals surface area contributed by atoms with Crippen LogP contribution in [-0.2, 0) is 16.6 Å². The van der Waals surface area contributed by atoms with Gasteiger partial charge in [0.15, 0.2) is 5.84 Å². The number of hydrogen-bond acceptors (Lipinski definition) is 7. The summed E-state index contributed by atoms with van der Waals surface area (Å²) in [5.41, 5.74) is -0.627. The molecule has 0 fully saturated rings. The standard InChI is InChI=1S/C21H20N6O5S/c1-10(2)7-9-27-19-11(4-3-8-22-19)16(28)14(20(27)29)18-23-13-6-5-12-15(25-21(30)24-12)17(13)33(31,32)26-18/h3-6,8,10,28H,7,9H2,1-2H3,(H,23,26)(H2,24,25,30). The Labute approximate surface area is 186 Å². The van der Waals surface area contributed by atoms with Crippen LogP contribution in [0.5, 0.6) is 5.75 Å². The molecule has 5 rings (SSSR count). The third kappa shape index (κ3) is 3.30. The molecule has 0 aliphatic carbocycles. The summed E-state index contributed by atoms with van der Waals surface area (Å²) in [5.74, 6) is -0.410. The Morgan fingerprint density at radius 2 is 1.94 bits per heavy atom. The quantitative estimate of drug-likeness (QED) is 0.355. The number of aromatic amines is 2. The first-order valence-electron chi connectivity index (χ1n) is 10.2. The summed E-state index contributed by atoms with van der Waals surface area (Å²) >= 11 is 0. The van der Waals surface area contributed by atoms with Crippen LogP contribution in [0.3, 0.4) is 0 Å². The molecular weight excluding hydrogens is 448 g/mol. The second kappa shape index (κ2) is 7.30. The van der Waals surface area contributed by atoms with Crippen molar-refractivity contribution < 1.29 is 13.5 Å². The van der Waals surface area contributed by atoms with Crippen molar-refractivity contribution in [2.24, 2.45) is 10.3 Å². The molecule has 1 aliphatic rings. The highest BCUT2D eigenvalue weighted by Gasteiger charge is 2.32. The van der Waals surface area contributed by atoms with Crippen molar-refractivity contribution in [2.45, 2.75) is 31.7 Å². The van der Waals surface area contributed by atoms with Gasteiger partial charge in [0.05, 0.1) is 22.1 Å². The van der Waals surface area contributed by atoms with Crippen molar-refractivity contribution in [3.63, 3.8) is 0 Å². The van der Waals surface area contributed by atoms with Crippen molar-refractivity contribution in [1.82, 2.24) is 19.5 Å². The Morgan fingerprint density at radius 3 is 2.70 bits per heavy atom. The van der Waals surface area contributed by atoms with Gasteiger partial charge in [0.25, 0.3) is 15.6 Å². The molecule has 1 aromatic carbocycles. The molecular formula is C21H20N6O5S. The number of benzene rings is 1. The van der Waals surface area contributed by atoms with E-state index in [1.54, 1.807) is 12.1 Å². The fraction of sp³-hybridized carbons (Fsp3) is 0.238. The van der Waals surface area contributed by atoms with Crippen molar-refractivity contribution >= 4 is 43.6 Å². The SMILES string of the molecule is CC(C)CCn1c(=O)c(C2=NS(=O)(=O)c3c(ccc4[nH]c(=O)[nH]c34)N2)c(O)c2cccnc21. The van der Waals surface area contributed by atoms with Gasteiger partial charge in [-0.3, -0.25) is 9.36 Å². The average molecular weight is 468 g/mol. The number of amidine groups is 1. The normalized spacial score (nSPS) is 14.9. The fourth-order valence-corrected chi connectivity index (χ4v) is 5.23. The highest BCUT2D eigenvalue weighted by Crippen LogP contribution is 2.35. The maximum atomic E-state index is 13.4. The average Bonchev–Trinajstić information content (AvgIpc) is 3.12. The molecule has 4 heterocycles. The Kier molecular flexibility index (Phi) is 4.64. The molecule has 0 radical (unpaired) electrons. The van der Waals surface area contributed by atoms with Crippen LogP contribution in [-0.4, -0.2) is 38.9 Å². The summed E-state index contributed by atoms with van der Waals surface area (Å²) in [6.07, 6.45) is 2.20. The zero-order chi connectivity index (χ0) is 23.5. The number of nitrogens with one attached hydrogen (secondary N) is 3. The van der Waals surface area contributed by atoms with E-state index in [1.807, 2.05) is 13.8 Å². The first-order valence-corrected chi connectivity index (χ1v) is 11.7. The number of anilines is 1. The highest BCUT2D eigenvalue weighted by atomic mass is 32.2. The molecule has 11 nitrogen and oxygen atoms in total. The van der Waals surface area contributed by atoms with E-state index in [2.05, 4.69) is 24.7 Å². The minimum absolute atomic E-state index is 0.0778. The summed E-state index contributed by atoms with van der Waals surface area (Å²) in [4.78, 5) is 34.1.